The fourth-order valence-corrected chi connectivity index (χ4v) is 3.43. The van der Waals surface area contributed by atoms with E-state index < -0.39 is 5.97 Å². The molecule has 6 heteroatoms. The average Bonchev–Trinajstić information content (AvgIpc) is 3.04. The number of nitrogens with two attached hydrogens (primary N) is 1. The van der Waals surface area contributed by atoms with Crippen molar-refractivity contribution in [3.05, 3.63) is 59.1 Å². The van der Waals surface area contributed by atoms with Crippen molar-refractivity contribution in [3.63, 3.8) is 0 Å². The minimum Gasteiger partial charge on any atom is -0.478 e. The number of hydrogen-bond acceptors (Lipinski definition) is 5. The summed E-state index contributed by atoms with van der Waals surface area (Å²) >= 11 is 1.56. The highest BCUT2D eigenvalue weighted by molar-refractivity contribution is 7.17. The fraction of sp³-hybridized carbons (Fsp3) is 0.0526. The maximum absolute atomic E-state index is 11.2. The topological polar surface area (TPSA) is 88.2 Å². The molecule has 1 aromatic carbocycles. The molecule has 0 spiro atoms. The van der Waals surface area contributed by atoms with Gasteiger partial charge in [-0.3, -0.25) is 0 Å². The number of carboxylic acids is 1. The van der Waals surface area contributed by atoms with E-state index in [1.54, 1.807) is 30.4 Å². The predicted molar refractivity (Wildman–Crippen MR) is 105 cm³/mol. The third-order valence-electron chi connectivity index (χ3n) is 3.72. The summed E-state index contributed by atoms with van der Waals surface area (Å²) in [6, 6.07) is 9.36. The largest absolute Gasteiger partial charge is 0.478 e. The van der Waals surface area contributed by atoms with Crippen LogP contribution in [-0.4, -0.2) is 16.1 Å². The summed E-state index contributed by atoms with van der Waals surface area (Å²) in [6.07, 6.45) is 3.26. The van der Waals surface area contributed by atoms with Crippen LogP contribution >= 0.6 is 11.3 Å². The van der Waals surface area contributed by atoms with Gasteiger partial charge in [0.15, 0.2) is 0 Å². The van der Waals surface area contributed by atoms with Crippen LogP contribution in [0.5, 0.6) is 0 Å². The normalized spacial score (nSPS) is 11.5. The van der Waals surface area contributed by atoms with Crippen LogP contribution in [0, 0.1) is 0 Å². The first-order valence-corrected chi connectivity index (χ1v) is 8.45. The van der Waals surface area contributed by atoms with Crippen molar-refractivity contribution in [1.29, 1.82) is 0 Å². The minimum atomic E-state index is -0.978. The lowest BCUT2D eigenvalue weighted by Gasteiger charge is -2.12. The summed E-state index contributed by atoms with van der Waals surface area (Å²) in [6.45, 7) is 5.39. The molecule has 0 amide bonds. The van der Waals surface area contributed by atoms with E-state index in [0.29, 0.717) is 17.2 Å². The Kier molecular flexibility index (Phi) is 4.54. The van der Waals surface area contributed by atoms with E-state index in [1.165, 1.54) is 0 Å². The zero-order valence-electron chi connectivity index (χ0n) is 13.6. The van der Waals surface area contributed by atoms with Gasteiger partial charge in [0.05, 0.1) is 5.69 Å². The van der Waals surface area contributed by atoms with Gasteiger partial charge >= 0.3 is 5.97 Å². The van der Waals surface area contributed by atoms with E-state index in [1.807, 2.05) is 35.7 Å². The second-order valence-corrected chi connectivity index (χ2v) is 6.43. The number of anilines is 3. The van der Waals surface area contributed by atoms with Gasteiger partial charge in [-0.15, -0.1) is 11.3 Å². The number of pyridine rings is 1. The number of aliphatic carboxylic acids is 1. The lowest BCUT2D eigenvalue weighted by atomic mass is 10.1. The van der Waals surface area contributed by atoms with Gasteiger partial charge in [-0.25, -0.2) is 9.78 Å². The quantitative estimate of drug-likeness (QED) is 0.456. The number of benzene rings is 1. The van der Waals surface area contributed by atoms with Crippen LogP contribution < -0.4 is 11.1 Å². The zero-order chi connectivity index (χ0) is 18.0. The Morgan fingerprint density at radius 2 is 2.20 bits per heavy atom. The third kappa shape index (κ3) is 3.39. The minimum absolute atomic E-state index is 0.210. The lowest BCUT2D eigenvalue weighted by molar-refractivity contribution is -0.132. The molecule has 3 rings (SSSR count). The first kappa shape index (κ1) is 16.7. The molecule has 126 valence electrons. The summed E-state index contributed by atoms with van der Waals surface area (Å²) in [5, 5.41) is 15.4. The second kappa shape index (κ2) is 6.78. The molecule has 0 radical (unpaired) electrons. The Hall–Kier alpha value is -3.12. The summed E-state index contributed by atoms with van der Waals surface area (Å²) in [5.41, 5.74) is 8.90. The Bertz CT molecular complexity index is 1010. The molecule has 0 atom stereocenters. The highest BCUT2D eigenvalue weighted by Crippen LogP contribution is 2.34. The number of carboxylic acid groups (broad SMARTS) is 1. The molecule has 0 unspecified atom stereocenters. The van der Waals surface area contributed by atoms with Crippen LogP contribution in [0.15, 0.2) is 47.9 Å². The van der Waals surface area contributed by atoms with Crippen molar-refractivity contribution < 1.29 is 9.90 Å². The van der Waals surface area contributed by atoms with Gasteiger partial charge in [-0.2, -0.15) is 0 Å². The van der Waals surface area contributed by atoms with Crippen LogP contribution in [0.1, 0.15) is 18.2 Å². The first-order chi connectivity index (χ1) is 12.0. The van der Waals surface area contributed by atoms with Crippen LogP contribution in [0.2, 0.25) is 0 Å². The molecule has 2 heterocycles. The Morgan fingerprint density at radius 1 is 1.40 bits per heavy atom. The maximum atomic E-state index is 11.2. The van der Waals surface area contributed by atoms with E-state index in [9.17, 15) is 4.79 Å². The Labute approximate surface area is 149 Å². The van der Waals surface area contributed by atoms with E-state index >= 15 is 0 Å². The van der Waals surface area contributed by atoms with Crippen LogP contribution in [-0.2, 0) is 4.79 Å². The number of nitrogens with one attached hydrogen (secondary N) is 1. The summed E-state index contributed by atoms with van der Waals surface area (Å²) in [4.78, 5) is 15.8. The molecule has 0 aliphatic carbocycles. The van der Waals surface area contributed by atoms with E-state index in [0.717, 1.165) is 21.3 Å². The molecule has 0 aliphatic rings. The van der Waals surface area contributed by atoms with Crippen LogP contribution in [0.4, 0.5) is 17.2 Å². The van der Waals surface area contributed by atoms with Crippen molar-refractivity contribution in [2.75, 3.05) is 11.1 Å². The smallest absolute Gasteiger partial charge is 0.331 e. The molecule has 5 nitrogen and oxygen atoms in total. The van der Waals surface area contributed by atoms with Gasteiger partial charge in [0, 0.05) is 32.6 Å². The van der Waals surface area contributed by atoms with Gasteiger partial charge in [0.1, 0.15) is 5.82 Å². The number of thiophene rings is 1. The standard InChI is InChI=1S/C19H17N3O2S/c1-3-14-16(9-11(2)19(23)24)22-18(15-7-8-25-17(14)15)21-13-6-4-5-12(20)10-13/h3-10H,1,20H2,2H3,(H,21,22)(H,23,24)/b11-9+. The summed E-state index contributed by atoms with van der Waals surface area (Å²) < 4.78 is 1.00. The van der Waals surface area contributed by atoms with Crippen molar-refractivity contribution in [3.8, 4) is 0 Å². The number of carbonyl (C=O) groups is 1. The van der Waals surface area contributed by atoms with Crippen molar-refractivity contribution in [2.45, 2.75) is 6.92 Å². The predicted octanol–water partition coefficient (Wildman–Crippen LogP) is 4.75. The number of fused-ring (bicyclic) bond motifs is 1. The molecule has 0 saturated carbocycles. The molecule has 0 fully saturated rings. The van der Waals surface area contributed by atoms with E-state index in [2.05, 4.69) is 16.9 Å². The molecule has 0 saturated heterocycles. The molecule has 4 N–H and O–H groups in total. The third-order valence-corrected chi connectivity index (χ3v) is 4.66. The molecule has 0 bridgehead atoms. The monoisotopic (exact) mass is 351 g/mol. The number of aromatic nitrogens is 1. The molecule has 25 heavy (non-hydrogen) atoms. The van der Waals surface area contributed by atoms with Crippen LogP contribution in [0.3, 0.4) is 0 Å². The number of hydrogen-bond donors (Lipinski definition) is 3. The highest BCUT2D eigenvalue weighted by Gasteiger charge is 2.13. The van der Waals surface area contributed by atoms with Gasteiger partial charge in [-0.05, 0) is 42.6 Å². The summed E-state index contributed by atoms with van der Waals surface area (Å²) in [7, 11) is 0. The summed E-state index contributed by atoms with van der Waals surface area (Å²) in [5.74, 6) is -0.328. The van der Waals surface area contributed by atoms with Crippen molar-refractivity contribution in [1.82, 2.24) is 4.98 Å². The maximum Gasteiger partial charge on any atom is 0.331 e. The van der Waals surface area contributed by atoms with Gasteiger partial charge in [0.25, 0.3) is 0 Å². The molecule has 0 aliphatic heterocycles. The zero-order valence-corrected chi connectivity index (χ0v) is 14.4. The van der Waals surface area contributed by atoms with E-state index in [-0.39, 0.29) is 5.57 Å². The Balaban J connectivity index is 2.18. The molecular formula is C19H17N3O2S. The SMILES string of the molecule is C=Cc1c(/C=C(\C)C(=O)O)nc(Nc2cccc(N)c2)c2ccsc12. The Morgan fingerprint density at radius 3 is 2.88 bits per heavy atom. The molecular weight excluding hydrogens is 334 g/mol. The fourth-order valence-electron chi connectivity index (χ4n) is 2.48. The van der Waals surface area contributed by atoms with Crippen molar-refractivity contribution in [2.24, 2.45) is 0 Å². The number of rotatable bonds is 5. The average molecular weight is 351 g/mol. The first-order valence-electron chi connectivity index (χ1n) is 7.57. The lowest BCUT2D eigenvalue weighted by Crippen LogP contribution is -2.01. The van der Waals surface area contributed by atoms with Gasteiger partial charge in [-0.1, -0.05) is 18.7 Å². The van der Waals surface area contributed by atoms with Gasteiger partial charge in [0.2, 0.25) is 0 Å². The van der Waals surface area contributed by atoms with Crippen molar-refractivity contribution >= 4 is 56.7 Å². The van der Waals surface area contributed by atoms with Crippen LogP contribution in [0.25, 0.3) is 22.2 Å². The highest BCUT2D eigenvalue weighted by atomic mass is 32.1. The van der Waals surface area contributed by atoms with E-state index in [4.69, 9.17) is 10.8 Å². The number of nitrogen functional groups attached to an aromatic ring is 1. The second-order valence-electron chi connectivity index (χ2n) is 5.51. The van der Waals surface area contributed by atoms with Gasteiger partial charge < -0.3 is 16.2 Å². The molecule has 2 aromatic heterocycles. The molecule has 3 aromatic rings. The number of nitrogens with zero attached hydrogens (tertiary/aromatic N) is 1.